The van der Waals surface area contributed by atoms with Gasteiger partial charge in [0.1, 0.15) is 5.75 Å². The molecule has 2 aromatic carbocycles. The van der Waals surface area contributed by atoms with Crippen LogP contribution in [-0.4, -0.2) is 24.7 Å². The van der Waals surface area contributed by atoms with Gasteiger partial charge in [-0.15, -0.1) is 6.58 Å². The Morgan fingerprint density at radius 3 is 2.19 bits per heavy atom. The van der Waals surface area contributed by atoms with Crippen molar-refractivity contribution in [3.8, 4) is 5.75 Å². The molecule has 1 atom stereocenters. The first kappa shape index (κ1) is 20.6. The van der Waals surface area contributed by atoms with Gasteiger partial charge < -0.3 is 4.74 Å². The van der Waals surface area contributed by atoms with Crippen LogP contribution in [0.3, 0.4) is 0 Å². The van der Waals surface area contributed by atoms with E-state index in [1.54, 1.807) is 6.92 Å². The molecule has 2 rings (SSSR count). The molecule has 0 heterocycles. The van der Waals surface area contributed by atoms with Crippen molar-refractivity contribution in [3.63, 3.8) is 0 Å². The fourth-order valence-corrected chi connectivity index (χ4v) is 2.85. The third kappa shape index (κ3) is 4.90. The first-order valence-corrected chi connectivity index (χ1v) is 8.44. The van der Waals surface area contributed by atoms with Crippen molar-refractivity contribution in [2.45, 2.75) is 31.5 Å². The van der Waals surface area contributed by atoms with Gasteiger partial charge in [0.25, 0.3) is 0 Å². The number of ether oxygens (including phenoxy) is 1. The number of alkyl halides is 3. The summed E-state index contributed by atoms with van der Waals surface area (Å²) in [5, 5.41) is 0. The van der Waals surface area contributed by atoms with Crippen LogP contribution in [0.4, 0.5) is 18.9 Å². The molecule has 1 amide bonds. The van der Waals surface area contributed by atoms with Crippen LogP contribution in [0.2, 0.25) is 0 Å². The van der Waals surface area contributed by atoms with Crippen LogP contribution < -0.4 is 9.64 Å². The summed E-state index contributed by atoms with van der Waals surface area (Å²) >= 11 is 0. The minimum atomic E-state index is -5.00. The van der Waals surface area contributed by atoms with E-state index in [1.807, 2.05) is 30.3 Å². The Morgan fingerprint density at radius 1 is 1.11 bits per heavy atom. The number of amides is 1. The van der Waals surface area contributed by atoms with Crippen molar-refractivity contribution in [1.29, 1.82) is 0 Å². The van der Waals surface area contributed by atoms with Gasteiger partial charge in [-0.25, -0.2) is 0 Å². The number of benzene rings is 2. The molecular weight excluding hydrogens is 355 g/mol. The van der Waals surface area contributed by atoms with Gasteiger partial charge in [-0.1, -0.05) is 36.4 Å². The maximum atomic E-state index is 13.3. The van der Waals surface area contributed by atoms with Crippen molar-refractivity contribution in [2.75, 3.05) is 12.0 Å². The van der Waals surface area contributed by atoms with E-state index in [9.17, 15) is 18.0 Å². The van der Waals surface area contributed by atoms with Crippen LogP contribution in [0.15, 0.2) is 67.3 Å². The Labute approximate surface area is 157 Å². The molecule has 0 saturated heterocycles. The zero-order valence-electron chi connectivity index (χ0n) is 15.3. The summed E-state index contributed by atoms with van der Waals surface area (Å²) in [5.74, 6) is -1.44. The smallest absolute Gasteiger partial charge is 0.471 e. The van der Waals surface area contributed by atoms with Crippen LogP contribution in [-0.2, 0) is 11.2 Å². The average molecular weight is 377 g/mol. The van der Waals surface area contributed by atoms with Gasteiger partial charge in [0, 0.05) is 5.69 Å². The predicted molar refractivity (Wildman–Crippen MR) is 99.9 cm³/mol. The minimum absolute atomic E-state index is 0.133. The highest BCUT2D eigenvalue weighted by molar-refractivity contribution is 5.99. The van der Waals surface area contributed by atoms with E-state index < -0.39 is 17.6 Å². The number of aryl methyl sites for hydroxylation is 1. The monoisotopic (exact) mass is 377 g/mol. The maximum Gasteiger partial charge on any atom is 0.471 e. The van der Waals surface area contributed by atoms with Crippen molar-refractivity contribution >= 4 is 11.6 Å². The Bertz CT molecular complexity index is 772. The molecule has 0 saturated carbocycles. The second-order valence-electron chi connectivity index (χ2n) is 6.38. The summed E-state index contributed by atoms with van der Waals surface area (Å²) in [4.78, 5) is 13.0. The van der Waals surface area contributed by atoms with Gasteiger partial charge in [0.05, 0.1) is 12.6 Å². The number of hydrogen-bond acceptors (Lipinski definition) is 2. The number of methoxy groups -OCH3 is 1. The number of halogens is 3. The van der Waals surface area contributed by atoms with Gasteiger partial charge in [0.2, 0.25) is 0 Å². The highest BCUT2D eigenvalue weighted by Gasteiger charge is 2.48. The second kappa shape index (κ2) is 8.29. The quantitative estimate of drug-likeness (QED) is 0.623. The number of nitrogens with zero attached hydrogens (tertiary/aromatic N) is 1. The third-order valence-corrected chi connectivity index (χ3v) is 4.49. The van der Waals surface area contributed by atoms with Crippen LogP contribution in [0.25, 0.3) is 0 Å². The van der Waals surface area contributed by atoms with Gasteiger partial charge in [0.15, 0.2) is 0 Å². The summed E-state index contributed by atoms with van der Waals surface area (Å²) < 4.78 is 45.0. The lowest BCUT2D eigenvalue weighted by molar-refractivity contribution is -0.171. The van der Waals surface area contributed by atoms with Gasteiger partial charge in [-0.3, -0.25) is 9.69 Å². The van der Waals surface area contributed by atoms with Crippen molar-refractivity contribution in [2.24, 2.45) is 0 Å². The standard InChI is InChI=1S/C21H22F3NO2/c1-4-20(2,15-14-16-8-6-5-7-9-16)25(19(26)21(22,23)24)17-10-12-18(27-3)13-11-17/h4-13H,1,14-15H2,2-3H3/t20-/m1/s1. The molecule has 3 nitrogen and oxygen atoms in total. The van der Waals surface area contributed by atoms with E-state index in [2.05, 4.69) is 6.58 Å². The molecule has 6 heteroatoms. The normalized spacial score (nSPS) is 13.5. The van der Waals surface area contributed by atoms with E-state index in [0.29, 0.717) is 12.2 Å². The highest BCUT2D eigenvalue weighted by Crippen LogP contribution is 2.34. The molecule has 0 fully saturated rings. The number of carbonyl (C=O) groups excluding carboxylic acids is 1. The fraction of sp³-hybridized carbons (Fsp3) is 0.286. The maximum absolute atomic E-state index is 13.3. The SMILES string of the molecule is C=C[C@](C)(CCc1ccccc1)N(C(=O)C(F)(F)F)c1ccc(OC)cc1. The molecule has 0 N–H and O–H groups in total. The molecule has 0 unspecified atom stereocenters. The zero-order valence-corrected chi connectivity index (χ0v) is 15.3. The summed E-state index contributed by atoms with van der Waals surface area (Å²) in [6, 6.07) is 15.3. The molecule has 0 aromatic heterocycles. The molecule has 0 radical (unpaired) electrons. The summed E-state index contributed by atoms with van der Waals surface area (Å²) in [6.07, 6.45) is -2.82. The Morgan fingerprint density at radius 2 is 1.70 bits per heavy atom. The largest absolute Gasteiger partial charge is 0.497 e. The fourth-order valence-electron chi connectivity index (χ4n) is 2.85. The Hall–Kier alpha value is -2.76. The van der Waals surface area contributed by atoms with Gasteiger partial charge >= 0.3 is 12.1 Å². The number of hydrogen-bond donors (Lipinski definition) is 0. The number of rotatable bonds is 7. The Balaban J connectivity index is 2.41. The molecule has 0 aliphatic rings. The van der Waals surface area contributed by atoms with Crippen LogP contribution >= 0.6 is 0 Å². The van der Waals surface area contributed by atoms with Crippen LogP contribution in [0.1, 0.15) is 18.9 Å². The molecule has 0 bridgehead atoms. The first-order chi connectivity index (χ1) is 12.7. The van der Waals surface area contributed by atoms with Crippen molar-refractivity contribution < 1.29 is 22.7 Å². The molecular formula is C21H22F3NO2. The second-order valence-corrected chi connectivity index (χ2v) is 6.38. The van der Waals surface area contributed by atoms with Crippen LogP contribution in [0, 0.1) is 0 Å². The van der Waals surface area contributed by atoms with E-state index >= 15 is 0 Å². The molecule has 0 aliphatic carbocycles. The van der Waals surface area contributed by atoms with Gasteiger partial charge in [-0.2, -0.15) is 13.2 Å². The molecule has 2 aromatic rings. The lowest BCUT2D eigenvalue weighted by atomic mass is 9.90. The lowest BCUT2D eigenvalue weighted by Crippen LogP contribution is -2.54. The minimum Gasteiger partial charge on any atom is -0.497 e. The first-order valence-electron chi connectivity index (χ1n) is 8.44. The Kier molecular flexibility index (Phi) is 6.31. The van der Waals surface area contributed by atoms with Crippen molar-refractivity contribution in [1.82, 2.24) is 0 Å². The van der Waals surface area contributed by atoms with E-state index in [-0.39, 0.29) is 12.1 Å². The molecule has 0 spiro atoms. The highest BCUT2D eigenvalue weighted by atomic mass is 19.4. The summed E-state index contributed by atoms with van der Waals surface area (Å²) in [7, 11) is 1.46. The summed E-state index contributed by atoms with van der Waals surface area (Å²) in [5.41, 5.74) is -0.120. The van der Waals surface area contributed by atoms with Gasteiger partial charge in [-0.05, 0) is 49.6 Å². The summed E-state index contributed by atoms with van der Waals surface area (Å²) in [6.45, 7) is 5.28. The molecule has 27 heavy (non-hydrogen) atoms. The van der Waals surface area contributed by atoms with E-state index in [4.69, 9.17) is 4.74 Å². The number of anilines is 1. The number of carbonyl (C=O) groups is 1. The average Bonchev–Trinajstić information content (AvgIpc) is 2.67. The van der Waals surface area contributed by atoms with Crippen molar-refractivity contribution in [3.05, 3.63) is 72.8 Å². The third-order valence-electron chi connectivity index (χ3n) is 4.49. The van der Waals surface area contributed by atoms with E-state index in [1.165, 1.54) is 37.5 Å². The van der Waals surface area contributed by atoms with Crippen LogP contribution in [0.5, 0.6) is 5.75 Å². The van der Waals surface area contributed by atoms with E-state index in [0.717, 1.165) is 10.5 Å². The molecule has 0 aliphatic heterocycles. The lowest BCUT2D eigenvalue weighted by Gasteiger charge is -2.40. The predicted octanol–water partition coefficient (Wildman–Crippen LogP) is 5.17. The topological polar surface area (TPSA) is 29.5 Å². The molecule has 144 valence electrons. The zero-order chi connectivity index (χ0) is 20.1.